The third-order valence-electron chi connectivity index (χ3n) is 4.00. The summed E-state index contributed by atoms with van der Waals surface area (Å²) in [5, 5.41) is 0. The van der Waals surface area contributed by atoms with Gasteiger partial charge in [0.15, 0.2) is 11.6 Å². The minimum Gasteiger partial charge on any atom is -0.339 e. The second-order valence-electron chi connectivity index (χ2n) is 5.60. The number of piperazine rings is 1. The van der Waals surface area contributed by atoms with Crippen LogP contribution in [0.1, 0.15) is 0 Å². The van der Waals surface area contributed by atoms with Gasteiger partial charge in [-0.2, -0.15) is 4.31 Å². The van der Waals surface area contributed by atoms with E-state index in [2.05, 4.69) is 4.98 Å². The van der Waals surface area contributed by atoms with Crippen LogP contribution >= 0.6 is 0 Å². The molecule has 7 nitrogen and oxygen atoms in total. The average Bonchev–Trinajstić information content (AvgIpc) is 3.10. The lowest BCUT2D eigenvalue weighted by Crippen LogP contribution is -2.51. The van der Waals surface area contributed by atoms with Gasteiger partial charge >= 0.3 is 0 Å². The second-order valence-corrected chi connectivity index (χ2v) is 7.53. The Morgan fingerprint density at radius 3 is 2.44 bits per heavy atom. The number of aromatic nitrogens is 2. The number of carbonyl (C=O) groups excluding carboxylic acids is 1. The minimum atomic E-state index is -3.93. The van der Waals surface area contributed by atoms with Crippen LogP contribution in [-0.2, 0) is 21.4 Å². The molecule has 1 aliphatic heterocycles. The van der Waals surface area contributed by atoms with Gasteiger partial charge in [0.1, 0.15) is 6.54 Å². The van der Waals surface area contributed by atoms with E-state index < -0.39 is 21.7 Å². The first kappa shape index (κ1) is 17.5. The van der Waals surface area contributed by atoms with Crippen molar-refractivity contribution in [2.24, 2.45) is 0 Å². The van der Waals surface area contributed by atoms with Crippen LogP contribution in [0.5, 0.6) is 0 Å². The summed E-state index contributed by atoms with van der Waals surface area (Å²) in [5.41, 5.74) is 0. The molecule has 0 aliphatic carbocycles. The Morgan fingerprint density at radius 1 is 1.12 bits per heavy atom. The summed E-state index contributed by atoms with van der Waals surface area (Å²) in [7, 11) is -3.93. The molecule has 0 unspecified atom stereocenters. The van der Waals surface area contributed by atoms with E-state index in [9.17, 15) is 22.0 Å². The molecular formula is C15H16F2N4O3S. The molecule has 1 fully saturated rings. The van der Waals surface area contributed by atoms with Gasteiger partial charge in [0, 0.05) is 38.6 Å². The standard InChI is InChI=1S/C15H16F2N4O3S/c16-13-2-1-12(9-14(13)17)25(23,24)21-7-5-20(6-8-21)15(22)10-19-4-3-18-11-19/h1-4,9,11H,5-8,10H2. The Labute approximate surface area is 143 Å². The molecule has 0 radical (unpaired) electrons. The van der Waals surface area contributed by atoms with Crippen molar-refractivity contribution < 1.29 is 22.0 Å². The highest BCUT2D eigenvalue weighted by atomic mass is 32.2. The molecule has 134 valence electrons. The molecule has 0 spiro atoms. The fraction of sp³-hybridized carbons (Fsp3) is 0.333. The summed E-state index contributed by atoms with van der Waals surface area (Å²) < 4.78 is 54.1. The molecule has 25 heavy (non-hydrogen) atoms. The number of hydrogen-bond acceptors (Lipinski definition) is 4. The molecular weight excluding hydrogens is 354 g/mol. The Bertz CT molecular complexity index is 863. The van der Waals surface area contributed by atoms with Gasteiger partial charge in [-0.15, -0.1) is 0 Å². The summed E-state index contributed by atoms with van der Waals surface area (Å²) in [6, 6.07) is 2.48. The maximum atomic E-state index is 13.3. The smallest absolute Gasteiger partial charge is 0.243 e. The lowest BCUT2D eigenvalue weighted by Gasteiger charge is -2.34. The Balaban J connectivity index is 1.64. The van der Waals surface area contributed by atoms with Crippen molar-refractivity contribution in [2.75, 3.05) is 26.2 Å². The van der Waals surface area contributed by atoms with Gasteiger partial charge in [-0.1, -0.05) is 0 Å². The van der Waals surface area contributed by atoms with Crippen molar-refractivity contribution >= 4 is 15.9 Å². The summed E-state index contributed by atoms with van der Waals surface area (Å²) in [4.78, 5) is 17.3. The maximum absolute atomic E-state index is 13.3. The fourth-order valence-electron chi connectivity index (χ4n) is 2.60. The Morgan fingerprint density at radius 2 is 1.84 bits per heavy atom. The van der Waals surface area contributed by atoms with Crippen molar-refractivity contribution in [2.45, 2.75) is 11.4 Å². The predicted molar refractivity (Wildman–Crippen MR) is 83.9 cm³/mol. The molecule has 1 aromatic heterocycles. The first-order valence-electron chi connectivity index (χ1n) is 7.56. The number of nitrogens with zero attached hydrogens (tertiary/aromatic N) is 4. The zero-order valence-electron chi connectivity index (χ0n) is 13.2. The summed E-state index contributed by atoms with van der Waals surface area (Å²) >= 11 is 0. The average molecular weight is 370 g/mol. The number of amides is 1. The highest BCUT2D eigenvalue weighted by molar-refractivity contribution is 7.89. The third-order valence-corrected chi connectivity index (χ3v) is 5.89. The van der Waals surface area contributed by atoms with Crippen molar-refractivity contribution in [3.05, 3.63) is 48.6 Å². The van der Waals surface area contributed by atoms with Crippen molar-refractivity contribution in [1.82, 2.24) is 18.8 Å². The van der Waals surface area contributed by atoms with Crippen LogP contribution in [-0.4, -0.2) is 59.3 Å². The topological polar surface area (TPSA) is 75.5 Å². The van der Waals surface area contributed by atoms with Gasteiger partial charge in [0.2, 0.25) is 15.9 Å². The van der Waals surface area contributed by atoms with Crippen molar-refractivity contribution in [3.63, 3.8) is 0 Å². The Kier molecular flexibility index (Phi) is 4.82. The number of halogens is 2. The Hall–Kier alpha value is -2.33. The zero-order chi connectivity index (χ0) is 18.0. The number of hydrogen-bond donors (Lipinski definition) is 0. The minimum absolute atomic E-state index is 0.0942. The largest absolute Gasteiger partial charge is 0.339 e. The number of imidazole rings is 1. The van der Waals surface area contributed by atoms with Crippen molar-refractivity contribution in [3.8, 4) is 0 Å². The van der Waals surface area contributed by atoms with Crippen LogP contribution in [0.4, 0.5) is 8.78 Å². The second kappa shape index (κ2) is 6.89. The predicted octanol–water partition coefficient (Wildman–Crippen LogP) is 0.694. The molecule has 10 heteroatoms. The molecule has 1 saturated heterocycles. The van der Waals surface area contributed by atoms with E-state index in [0.717, 1.165) is 12.1 Å². The highest BCUT2D eigenvalue weighted by Crippen LogP contribution is 2.20. The first-order valence-corrected chi connectivity index (χ1v) is 9.00. The van der Waals surface area contributed by atoms with Gasteiger partial charge < -0.3 is 9.47 Å². The van der Waals surface area contributed by atoms with E-state index in [1.165, 1.54) is 10.6 Å². The number of carbonyl (C=O) groups is 1. The summed E-state index contributed by atoms with van der Waals surface area (Å²) in [6.07, 6.45) is 4.77. The molecule has 0 N–H and O–H groups in total. The van der Waals surface area contributed by atoms with Gasteiger partial charge in [-0.25, -0.2) is 22.2 Å². The van der Waals surface area contributed by atoms with Gasteiger partial charge in [0.05, 0.1) is 11.2 Å². The van der Waals surface area contributed by atoms with E-state index in [1.54, 1.807) is 21.9 Å². The number of rotatable bonds is 4. The van der Waals surface area contributed by atoms with Crippen LogP contribution < -0.4 is 0 Å². The SMILES string of the molecule is O=C(Cn1ccnc1)N1CCN(S(=O)(=O)c2ccc(F)c(F)c2)CC1. The molecule has 0 atom stereocenters. The van der Waals surface area contributed by atoms with Crippen LogP contribution in [0.15, 0.2) is 41.8 Å². The van der Waals surface area contributed by atoms with Gasteiger partial charge in [0.25, 0.3) is 0 Å². The molecule has 1 amide bonds. The summed E-state index contributed by atoms with van der Waals surface area (Å²) in [5.74, 6) is -2.45. The molecule has 2 heterocycles. The van der Waals surface area contributed by atoms with Gasteiger partial charge in [-0.3, -0.25) is 4.79 Å². The van der Waals surface area contributed by atoms with Crippen LogP contribution in [0.25, 0.3) is 0 Å². The van der Waals surface area contributed by atoms with E-state index in [0.29, 0.717) is 6.07 Å². The van der Waals surface area contributed by atoms with E-state index >= 15 is 0 Å². The highest BCUT2D eigenvalue weighted by Gasteiger charge is 2.30. The van der Waals surface area contributed by atoms with Crippen LogP contribution in [0.3, 0.4) is 0 Å². The molecule has 3 rings (SSSR count). The van der Waals surface area contributed by atoms with Crippen molar-refractivity contribution in [1.29, 1.82) is 0 Å². The molecule has 0 bridgehead atoms. The summed E-state index contributed by atoms with van der Waals surface area (Å²) in [6.45, 7) is 0.788. The lowest BCUT2D eigenvalue weighted by molar-refractivity contribution is -0.133. The van der Waals surface area contributed by atoms with E-state index in [1.807, 2.05) is 0 Å². The molecule has 0 saturated carbocycles. The fourth-order valence-corrected chi connectivity index (χ4v) is 4.04. The molecule has 2 aromatic rings. The van der Waals surface area contributed by atoms with E-state index in [4.69, 9.17) is 0 Å². The first-order chi connectivity index (χ1) is 11.9. The quantitative estimate of drug-likeness (QED) is 0.794. The normalized spacial score (nSPS) is 16.2. The third kappa shape index (κ3) is 3.69. The van der Waals surface area contributed by atoms with Gasteiger partial charge in [-0.05, 0) is 18.2 Å². The van der Waals surface area contributed by atoms with Crippen LogP contribution in [0, 0.1) is 11.6 Å². The van der Waals surface area contributed by atoms with E-state index in [-0.39, 0.29) is 43.5 Å². The maximum Gasteiger partial charge on any atom is 0.243 e. The number of benzene rings is 1. The lowest BCUT2D eigenvalue weighted by atomic mass is 10.3. The van der Waals surface area contributed by atoms with Crippen LogP contribution in [0.2, 0.25) is 0 Å². The monoisotopic (exact) mass is 370 g/mol. The number of sulfonamides is 1. The molecule has 1 aliphatic rings. The zero-order valence-corrected chi connectivity index (χ0v) is 14.0. The molecule has 1 aromatic carbocycles.